The lowest BCUT2D eigenvalue weighted by atomic mass is 10.1. The zero-order chi connectivity index (χ0) is 16.6. The van der Waals surface area contributed by atoms with Crippen LogP contribution in [0.5, 0.6) is 0 Å². The molecule has 0 spiro atoms. The summed E-state index contributed by atoms with van der Waals surface area (Å²) < 4.78 is 38.2. The molecule has 0 amide bonds. The van der Waals surface area contributed by atoms with Crippen molar-refractivity contribution in [2.24, 2.45) is 0 Å². The molecule has 2 aromatic carbocycles. The van der Waals surface area contributed by atoms with E-state index in [1.54, 1.807) is 36.4 Å². The van der Waals surface area contributed by atoms with Gasteiger partial charge in [0.25, 0.3) is 0 Å². The van der Waals surface area contributed by atoms with E-state index in [9.17, 15) is 12.8 Å². The SMILES string of the molecule is Cc1[c]cc(-c2ccc(S(C)(=O)=O)cc2)n1-c1ccc(F)cc1. The van der Waals surface area contributed by atoms with Crippen LogP contribution in [0.2, 0.25) is 0 Å². The maximum atomic E-state index is 13.1. The first-order valence-electron chi connectivity index (χ1n) is 7.03. The molecular formula is C18H15FNO2S. The van der Waals surface area contributed by atoms with E-state index >= 15 is 0 Å². The van der Waals surface area contributed by atoms with Gasteiger partial charge < -0.3 is 4.57 Å². The Morgan fingerprint density at radius 3 is 2.17 bits per heavy atom. The van der Waals surface area contributed by atoms with Crippen molar-refractivity contribution in [1.82, 2.24) is 4.57 Å². The Hall–Kier alpha value is -2.40. The molecule has 1 aromatic heterocycles. The van der Waals surface area contributed by atoms with Crippen LogP contribution in [0.4, 0.5) is 4.39 Å². The second kappa shape index (κ2) is 5.66. The molecule has 0 aliphatic heterocycles. The number of aromatic nitrogens is 1. The molecule has 0 bridgehead atoms. The van der Waals surface area contributed by atoms with Crippen molar-refractivity contribution in [3.63, 3.8) is 0 Å². The van der Waals surface area contributed by atoms with Crippen LogP contribution < -0.4 is 0 Å². The molecule has 5 heteroatoms. The Morgan fingerprint density at radius 1 is 1.00 bits per heavy atom. The Labute approximate surface area is 134 Å². The van der Waals surface area contributed by atoms with Crippen LogP contribution in [0.25, 0.3) is 16.9 Å². The Kier molecular flexibility index (Phi) is 3.82. The number of hydrogen-bond acceptors (Lipinski definition) is 2. The molecule has 0 saturated carbocycles. The molecule has 23 heavy (non-hydrogen) atoms. The average Bonchev–Trinajstić information content (AvgIpc) is 2.89. The molecule has 3 aromatic rings. The van der Waals surface area contributed by atoms with Gasteiger partial charge in [-0.25, -0.2) is 12.8 Å². The highest BCUT2D eigenvalue weighted by Gasteiger charge is 2.12. The predicted octanol–water partition coefficient (Wildman–Crippen LogP) is 3.80. The topological polar surface area (TPSA) is 39.1 Å². The third-order valence-corrected chi connectivity index (χ3v) is 4.79. The normalized spacial score (nSPS) is 11.6. The van der Waals surface area contributed by atoms with E-state index in [-0.39, 0.29) is 10.7 Å². The van der Waals surface area contributed by atoms with Gasteiger partial charge in [-0.15, -0.1) is 0 Å². The summed E-state index contributed by atoms with van der Waals surface area (Å²) in [7, 11) is -3.22. The van der Waals surface area contributed by atoms with Gasteiger partial charge in [-0.2, -0.15) is 0 Å². The summed E-state index contributed by atoms with van der Waals surface area (Å²) in [5.41, 5.74) is 3.45. The number of halogens is 1. The summed E-state index contributed by atoms with van der Waals surface area (Å²) >= 11 is 0. The van der Waals surface area contributed by atoms with Crippen LogP contribution in [0.1, 0.15) is 5.69 Å². The van der Waals surface area contributed by atoms with Crippen molar-refractivity contribution in [3.05, 3.63) is 72.2 Å². The van der Waals surface area contributed by atoms with Gasteiger partial charge in [-0.3, -0.25) is 0 Å². The first kappa shape index (κ1) is 15.5. The number of nitrogens with zero attached hydrogens (tertiary/aromatic N) is 1. The van der Waals surface area contributed by atoms with Crippen molar-refractivity contribution < 1.29 is 12.8 Å². The van der Waals surface area contributed by atoms with Crippen LogP contribution in [0, 0.1) is 18.8 Å². The summed E-state index contributed by atoms with van der Waals surface area (Å²) in [5, 5.41) is 0. The molecule has 1 radical (unpaired) electrons. The summed E-state index contributed by atoms with van der Waals surface area (Å²) in [6, 6.07) is 17.9. The van der Waals surface area contributed by atoms with Crippen LogP contribution in [0.3, 0.4) is 0 Å². The maximum absolute atomic E-state index is 13.1. The van der Waals surface area contributed by atoms with Gasteiger partial charge in [-0.05, 0) is 55.0 Å². The zero-order valence-electron chi connectivity index (χ0n) is 12.7. The molecule has 0 atom stereocenters. The highest BCUT2D eigenvalue weighted by molar-refractivity contribution is 7.90. The first-order valence-corrected chi connectivity index (χ1v) is 8.92. The first-order chi connectivity index (χ1) is 10.9. The standard InChI is InChI=1S/C18H15FNO2S/c1-13-3-12-18(20(13)16-8-6-15(19)7-9-16)14-4-10-17(11-5-14)23(2,21)22/h4-12H,1-2H3. The fourth-order valence-electron chi connectivity index (χ4n) is 2.49. The van der Waals surface area contributed by atoms with E-state index in [0.29, 0.717) is 0 Å². The maximum Gasteiger partial charge on any atom is 0.175 e. The predicted molar refractivity (Wildman–Crippen MR) is 87.8 cm³/mol. The lowest BCUT2D eigenvalue weighted by molar-refractivity contribution is 0.602. The van der Waals surface area contributed by atoms with Crippen molar-refractivity contribution in [1.29, 1.82) is 0 Å². The smallest absolute Gasteiger partial charge is 0.175 e. The second-order valence-corrected chi connectivity index (χ2v) is 7.38. The van der Waals surface area contributed by atoms with E-state index in [4.69, 9.17) is 0 Å². The summed E-state index contributed by atoms with van der Waals surface area (Å²) in [4.78, 5) is 0.279. The Bertz CT molecular complexity index is 940. The van der Waals surface area contributed by atoms with Crippen LogP contribution in [-0.2, 0) is 9.84 Å². The Balaban J connectivity index is 2.10. The lowest BCUT2D eigenvalue weighted by Crippen LogP contribution is -2.00. The van der Waals surface area contributed by atoms with E-state index < -0.39 is 9.84 Å². The molecule has 0 aliphatic carbocycles. The molecule has 0 unspecified atom stereocenters. The number of benzene rings is 2. The molecule has 3 nitrogen and oxygen atoms in total. The lowest BCUT2D eigenvalue weighted by Gasteiger charge is -2.12. The average molecular weight is 328 g/mol. The zero-order valence-corrected chi connectivity index (χ0v) is 13.6. The minimum atomic E-state index is -3.22. The van der Waals surface area contributed by atoms with Gasteiger partial charge in [-0.1, -0.05) is 12.1 Å². The van der Waals surface area contributed by atoms with E-state index in [0.717, 1.165) is 22.6 Å². The quantitative estimate of drug-likeness (QED) is 0.734. The summed E-state index contributed by atoms with van der Waals surface area (Å²) in [6.07, 6.45) is 1.18. The van der Waals surface area contributed by atoms with E-state index in [1.165, 1.54) is 18.4 Å². The molecule has 0 saturated heterocycles. The molecule has 0 fully saturated rings. The van der Waals surface area contributed by atoms with Crippen molar-refractivity contribution >= 4 is 9.84 Å². The fourth-order valence-corrected chi connectivity index (χ4v) is 3.12. The molecule has 3 rings (SSSR count). The highest BCUT2D eigenvalue weighted by Crippen LogP contribution is 2.27. The monoisotopic (exact) mass is 328 g/mol. The number of sulfone groups is 1. The highest BCUT2D eigenvalue weighted by atomic mass is 32.2. The van der Waals surface area contributed by atoms with Gasteiger partial charge >= 0.3 is 0 Å². The molecule has 1 heterocycles. The molecular weight excluding hydrogens is 313 g/mol. The van der Waals surface area contributed by atoms with Gasteiger partial charge in [0, 0.05) is 23.7 Å². The van der Waals surface area contributed by atoms with Crippen molar-refractivity contribution in [2.75, 3.05) is 6.26 Å². The molecule has 0 aliphatic rings. The van der Waals surface area contributed by atoms with E-state index in [1.807, 2.05) is 17.6 Å². The van der Waals surface area contributed by atoms with Crippen LogP contribution >= 0.6 is 0 Å². The number of rotatable bonds is 3. The molecule has 117 valence electrons. The van der Waals surface area contributed by atoms with Crippen LogP contribution in [0.15, 0.2) is 59.5 Å². The minimum Gasteiger partial charge on any atom is -0.313 e. The van der Waals surface area contributed by atoms with Crippen LogP contribution in [-0.4, -0.2) is 19.2 Å². The Morgan fingerprint density at radius 2 is 1.61 bits per heavy atom. The fraction of sp³-hybridized carbons (Fsp3) is 0.111. The van der Waals surface area contributed by atoms with Gasteiger partial charge in [0.15, 0.2) is 9.84 Å². The van der Waals surface area contributed by atoms with Crippen molar-refractivity contribution in [3.8, 4) is 16.9 Å². The largest absolute Gasteiger partial charge is 0.313 e. The third kappa shape index (κ3) is 3.05. The molecule has 0 N–H and O–H groups in total. The number of hydrogen-bond donors (Lipinski definition) is 0. The number of aryl methyl sites for hydroxylation is 1. The third-order valence-electron chi connectivity index (χ3n) is 3.66. The van der Waals surface area contributed by atoms with Crippen molar-refractivity contribution in [2.45, 2.75) is 11.8 Å². The van der Waals surface area contributed by atoms with Gasteiger partial charge in [0.05, 0.1) is 10.6 Å². The second-order valence-electron chi connectivity index (χ2n) is 5.37. The van der Waals surface area contributed by atoms with E-state index in [2.05, 4.69) is 6.07 Å². The summed E-state index contributed by atoms with van der Waals surface area (Å²) in [6.45, 7) is 1.91. The minimum absolute atomic E-state index is 0.279. The summed E-state index contributed by atoms with van der Waals surface area (Å²) in [5.74, 6) is -0.290. The van der Waals surface area contributed by atoms with Gasteiger partial charge in [0.1, 0.15) is 5.82 Å². The van der Waals surface area contributed by atoms with Gasteiger partial charge in [0.2, 0.25) is 0 Å².